The first kappa shape index (κ1) is 27.4. The monoisotopic (exact) mass is 548 g/mol. The van der Waals surface area contributed by atoms with Crippen molar-refractivity contribution < 1.29 is 14.8 Å². The molecule has 0 unspecified atom stereocenters. The number of hydrazone groups is 1. The van der Waals surface area contributed by atoms with Crippen LogP contribution in [0.1, 0.15) is 25.0 Å². The number of halogens is 1. The first-order chi connectivity index (χ1) is 18.4. The van der Waals surface area contributed by atoms with Crippen molar-refractivity contribution in [2.45, 2.75) is 25.9 Å². The Hall–Kier alpha value is -3.66. The van der Waals surface area contributed by atoms with Gasteiger partial charge in [0.2, 0.25) is 0 Å². The Morgan fingerprint density at radius 3 is 2.45 bits per heavy atom. The molecule has 0 aliphatic heterocycles. The number of benzene rings is 3. The summed E-state index contributed by atoms with van der Waals surface area (Å²) in [5.41, 5.74) is 6.72. The summed E-state index contributed by atoms with van der Waals surface area (Å²) in [6, 6.07) is 20.6. The number of hydrogen-bond acceptors (Lipinski definition) is 6. The van der Waals surface area contributed by atoms with Gasteiger partial charge in [-0.2, -0.15) is 5.10 Å². The fraction of sp³-hybridized carbons (Fsp3) is 0.214. The minimum atomic E-state index is -0.325. The van der Waals surface area contributed by atoms with Crippen LogP contribution in [0, 0.1) is 6.92 Å². The lowest BCUT2D eigenvalue weighted by Crippen LogP contribution is -3.06. The predicted octanol–water partition coefficient (Wildman–Crippen LogP) is 3.77. The second kappa shape index (κ2) is 12.7. The maximum atomic E-state index is 12.5. The van der Waals surface area contributed by atoms with Gasteiger partial charge in [-0.05, 0) is 80.9 Å². The summed E-state index contributed by atoms with van der Waals surface area (Å²) < 4.78 is 1.91. The molecule has 38 heavy (non-hydrogen) atoms. The van der Waals surface area contributed by atoms with Crippen LogP contribution in [0.2, 0.25) is 5.02 Å². The average molecular weight is 549 g/mol. The molecule has 0 saturated carbocycles. The Morgan fingerprint density at radius 2 is 1.79 bits per heavy atom. The van der Waals surface area contributed by atoms with Crippen molar-refractivity contribution in [2.24, 2.45) is 5.10 Å². The first-order valence-electron chi connectivity index (χ1n) is 12.3. The summed E-state index contributed by atoms with van der Waals surface area (Å²) in [6.07, 6.45) is 1.37. The number of aryl methyl sites for hydroxylation is 1. The van der Waals surface area contributed by atoms with E-state index in [0.29, 0.717) is 21.6 Å². The third-order valence-electron chi connectivity index (χ3n) is 6.03. The Kier molecular flexibility index (Phi) is 9.17. The van der Waals surface area contributed by atoms with Crippen LogP contribution in [0.25, 0.3) is 17.1 Å². The first-order valence-corrected chi connectivity index (χ1v) is 13.6. The number of carbonyl (C=O) groups is 1. The van der Waals surface area contributed by atoms with E-state index in [1.165, 1.54) is 22.9 Å². The molecule has 4 rings (SSSR count). The number of nitrogens with one attached hydrogen (secondary N) is 2. The van der Waals surface area contributed by atoms with E-state index in [4.69, 9.17) is 11.6 Å². The van der Waals surface area contributed by atoms with Gasteiger partial charge >= 0.3 is 0 Å². The highest BCUT2D eigenvalue weighted by atomic mass is 35.5. The van der Waals surface area contributed by atoms with Crippen LogP contribution in [0.4, 0.5) is 5.69 Å². The lowest BCUT2D eigenvalue weighted by molar-refractivity contribution is -0.828. The molecule has 1 amide bonds. The van der Waals surface area contributed by atoms with Gasteiger partial charge in [0.15, 0.2) is 11.0 Å². The highest BCUT2D eigenvalue weighted by Crippen LogP contribution is 2.29. The Morgan fingerprint density at radius 1 is 1.08 bits per heavy atom. The third-order valence-corrected chi connectivity index (χ3v) is 7.21. The number of carbonyl (C=O) groups excluding carboxylic acids is 1. The van der Waals surface area contributed by atoms with Crippen LogP contribution in [0.3, 0.4) is 0 Å². The van der Waals surface area contributed by atoms with E-state index in [1.54, 1.807) is 24.3 Å². The van der Waals surface area contributed by atoms with Crippen LogP contribution in [-0.4, -0.2) is 45.7 Å². The molecule has 8 nitrogen and oxygen atoms in total. The van der Waals surface area contributed by atoms with Gasteiger partial charge in [0.05, 0.1) is 25.1 Å². The van der Waals surface area contributed by atoms with Gasteiger partial charge in [0, 0.05) is 16.3 Å². The summed E-state index contributed by atoms with van der Waals surface area (Å²) in [5.74, 6) is 0.255. The van der Waals surface area contributed by atoms with E-state index in [0.717, 1.165) is 35.6 Å². The van der Waals surface area contributed by atoms with Crippen molar-refractivity contribution in [1.29, 1.82) is 0 Å². The summed E-state index contributed by atoms with van der Waals surface area (Å²) >= 11 is 7.31. The minimum Gasteiger partial charge on any atom is -0.872 e. The molecule has 0 saturated heterocycles. The van der Waals surface area contributed by atoms with Gasteiger partial charge in [-0.1, -0.05) is 46.8 Å². The molecule has 10 heteroatoms. The SMILES string of the molecule is CC[NH+](CC)c1ccc(/C=N/NC(=O)CSc2nnc(-c3ccc(Cl)cc3)n2-c2ccc(C)cc2)c([O-])c1. The van der Waals surface area contributed by atoms with Crippen molar-refractivity contribution in [1.82, 2.24) is 20.2 Å². The zero-order valence-corrected chi connectivity index (χ0v) is 23.0. The fourth-order valence-electron chi connectivity index (χ4n) is 3.93. The van der Waals surface area contributed by atoms with Crippen LogP contribution >= 0.6 is 23.4 Å². The third kappa shape index (κ3) is 6.61. The van der Waals surface area contributed by atoms with Gasteiger partial charge in [0.1, 0.15) is 5.69 Å². The lowest BCUT2D eigenvalue weighted by Gasteiger charge is -2.18. The Bertz CT molecular complexity index is 1420. The summed E-state index contributed by atoms with van der Waals surface area (Å²) in [5, 5.41) is 26.4. The zero-order valence-electron chi connectivity index (χ0n) is 21.4. The molecule has 0 fully saturated rings. The number of hydrogen-bond donors (Lipinski definition) is 2. The van der Waals surface area contributed by atoms with Gasteiger partial charge in [0.25, 0.3) is 5.91 Å². The van der Waals surface area contributed by atoms with Crippen molar-refractivity contribution in [3.8, 4) is 22.8 Å². The van der Waals surface area contributed by atoms with Gasteiger partial charge in [-0.15, -0.1) is 10.2 Å². The number of rotatable bonds is 10. The van der Waals surface area contributed by atoms with Crippen molar-refractivity contribution in [3.63, 3.8) is 0 Å². The molecule has 1 heterocycles. The fourth-order valence-corrected chi connectivity index (χ4v) is 4.80. The highest BCUT2D eigenvalue weighted by Gasteiger charge is 2.17. The molecule has 1 aromatic heterocycles. The quantitative estimate of drug-likeness (QED) is 0.178. The second-order valence-electron chi connectivity index (χ2n) is 8.63. The van der Waals surface area contributed by atoms with Crippen LogP contribution < -0.4 is 15.4 Å². The van der Waals surface area contributed by atoms with E-state index in [2.05, 4.69) is 34.6 Å². The number of aromatic nitrogens is 3. The molecular formula is C28H29ClN6O2S. The molecule has 0 aliphatic carbocycles. The lowest BCUT2D eigenvalue weighted by atomic mass is 10.2. The van der Waals surface area contributed by atoms with Crippen LogP contribution in [-0.2, 0) is 4.79 Å². The van der Waals surface area contributed by atoms with Gasteiger partial charge in [-0.25, -0.2) is 5.43 Å². The summed E-state index contributed by atoms with van der Waals surface area (Å²) in [6.45, 7) is 7.97. The van der Waals surface area contributed by atoms with E-state index in [-0.39, 0.29) is 17.4 Å². The topological polar surface area (TPSA) is 99.7 Å². The minimum absolute atomic E-state index is 0.0659. The highest BCUT2D eigenvalue weighted by molar-refractivity contribution is 7.99. The molecule has 196 valence electrons. The average Bonchev–Trinajstić information content (AvgIpc) is 3.34. The predicted molar refractivity (Wildman–Crippen MR) is 151 cm³/mol. The molecule has 3 aromatic carbocycles. The Labute approximate surface area is 231 Å². The molecule has 0 radical (unpaired) electrons. The van der Waals surface area contributed by atoms with Crippen LogP contribution in [0.5, 0.6) is 5.75 Å². The molecule has 0 spiro atoms. The summed E-state index contributed by atoms with van der Waals surface area (Å²) in [4.78, 5) is 13.8. The number of quaternary nitrogens is 1. The van der Waals surface area contributed by atoms with Crippen LogP contribution in [0.15, 0.2) is 77.0 Å². The molecule has 0 atom stereocenters. The molecular weight excluding hydrogens is 520 g/mol. The van der Waals surface area contributed by atoms with E-state index < -0.39 is 0 Å². The maximum absolute atomic E-state index is 12.5. The van der Waals surface area contributed by atoms with E-state index >= 15 is 0 Å². The zero-order chi connectivity index (χ0) is 27.1. The van der Waals surface area contributed by atoms with E-state index in [1.807, 2.05) is 54.0 Å². The second-order valence-corrected chi connectivity index (χ2v) is 10.0. The normalized spacial score (nSPS) is 11.4. The molecule has 0 bridgehead atoms. The van der Waals surface area contributed by atoms with Crippen molar-refractivity contribution >= 4 is 41.2 Å². The molecule has 2 N–H and O–H groups in total. The standard InChI is InChI=1S/C28H29ClN6O2S/c1-4-34(5-2)24-15-10-21(25(36)16-24)17-30-31-26(37)18-38-28-33-32-27(20-8-11-22(29)12-9-20)35(28)23-13-6-19(3)7-14-23/h6-17,36H,4-5,18H2,1-3H3,(H,31,37)/b30-17+. The smallest absolute Gasteiger partial charge is 0.250 e. The van der Waals surface area contributed by atoms with E-state index in [9.17, 15) is 9.90 Å². The number of nitrogens with zero attached hydrogens (tertiary/aromatic N) is 4. The number of amides is 1. The number of thioether (sulfide) groups is 1. The van der Waals surface area contributed by atoms with Gasteiger partial charge in [-0.3, -0.25) is 9.36 Å². The van der Waals surface area contributed by atoms with Crippen molar-refractivity contribution in [2.75, 3.05) is 18.8 Å². The largest absolute Gasteiger partial charge is 0.872 e. The maximum Gasteiger partial charge on any atom is 0.250 e. The Balaban J connectivity index is 1.46. The summed E-state index contributed by atoms with van der Waals surface area (Å²) in [7, 11) is 0. The molecule has 0 aliphatic rings. The van der Waals surface area contributed by atoms with Crippen molar-refractivity contribution in [3.05, 3.63) is 82.9 Å². The van der Waals surface area contributed by atoms with Gasteiger partial charge < -0.3 is 10.0 Å². The molecule has 4 aromatic rings.